The first kappa shape index (κ1) is 9.91. The molecule has 0 aromatic carbocycles. The topological polar surface area (TPSA) is 78.9 Å². The minimum absolute atomic E-state index is 0.269. The van der Waals surface area contributed by atoms with Crippen molar-refractivity contribution in [3.8, 4) is 0 Å². The van der Waals surface area contributed by atoms with Gasteiger partial charge in [-0.1, -0.05) is 0 Å². The summed E-state index contributed by atoms with van der Waals surface area (Å²) in [6.45, 7) is 0. The Morgan fingerprint density at radius 3 is 2.29 bits per heavy atom. The summed E-state index contributed by atoms with van der Waals surface area (Å²) in [7, 11) is 0. The molecule has 2 aromatic heterocycles. The van der Waals surface area contributed by atoms with Crippen LogP contribution >= 0.6 is 0 Å². The maximum Gasteiger partial charge on any atom is 0.335 e. The largest absolute Gasteiger partial charge is 0.478 e. The Morgan fingerprint density at radius 1 is 1.29 bits per heavy atom. The van der Waals surface area contributed by atoms with Crippen molar-refractivity contribution < 1.29 is 9.90 Å². The zero-order chi connectivity index (χ0) is 10.2. The third kappa shape index (κ3) is 3.48. The molecule has 0 fully saturated rings. The Labute approximate surface area is 80.4 Å². The molecule has 14 heavy (non-hydrogen) atoms. The van der Waals surface area contributed by atoms with Gasteiger partial charge in [-0.05, 0) is 18.2 Å². The van der Waals surface area contributed by atoms with Gasteiger partial charge < -0.3 is 5.11 Å². The average molecular weight is 191 g/mol. The van der Waals surface area contributed by atoms with Crippen molar-refractivity contribution in [2.45, 2.75) is 0 Å². The van der Waals surface area contributed by atoms with Gasteiger partial charge in [0.25, 0.3) is 0 Å². The lowest BCUT2D eigenvalue weighted by Gasteiger charge is -1.87. The van der Waals surface area contributed by atoms with Crippen molar-refractivity contribution in [2.24, 2.45) is 0 Å². The van der Waals surface area contributed by atoms with Gasteiger partial charge in [-0.2, -0.15) is 5.10 Å². The lowest BCUT2D eigenvalue weighted by Crippen LogP contribution is -1.94. The van der Waals surface area contributed by atoms with Crippen LogP contribution in [0.4, 0.5) is 0 Å². The van der Waals surface area contributed by atoms with E-state index in [-0.39, 0.29) is 5.56 Å². The van der Waals surface area contributed by atoms with E-state index >= 15 is 0 Å². The Bertz CT molecular complexity index is 342. The molecule has 0 unspecified atom stereocenters. The van der Waals surface area contributed by atoms with Crippen molar-refractivity contribution in [3.63, 3.8) is 0 Å². The number of aromatic amines is 1. The zero-order valence-corrected chi connectivity index (χ0v) is 7.29. The first-order valence-corrected chi connectivity index (χ1v) is 3.88. The van der Waals surface area contributed by atoms with Gasteiger partial charge in [0, 0.05) is 24.8 Å². The normalized spacial score (nSPS) is 8.57. The Kier molecular flexibility index (Phi) is 3.87. The molecule has 2 aromatic rings. The SMILES string of the molecule is O=C(O)c1ccncc1.c1cn[nH]c1. The van der Waals surface area contributed by atoms with Crippen LogP contribution in [0, 0.1) is 0 Å². The van der Waals surface area contributed by atoms with E-state index < -0.39 is 5.97 Å². The molecule has 0 bridgehead atoms. The van der Waals surface area contributed by atoms with E-state index in [4.69, 9.17) is 5.11 Å². The Hall–Kier alpha value is -2.17. The van der Waals surface area contributed by atoms with E-state index in [9.17, 15) is 4.79 Å². The van der Waals surface area contributed by atoms with Crippen LogP contribution in [0.25, 0.3) is 0 Å². The second kappa shape index (κ2) is 5.47. The first-order valence-electron chi connectivity index (χ1n) is 3.88. The highest BCUT2D eigenvalue weighted by atomic mass is 16.4. The van der Waals surface area contributed by atoms with Crippen molar-refractivity contribution >= 4 is 5.97 Å². The molecule has 2 rings (SSSR count). The third-order valence-electron chi connectivity index (χ3n) is 1.33. The van der Waals surface area contributed by atoms with E-state index in [1.54, 1.807) is 12.4 Å². The minimum Gasteiger partial charge on any atom is -0.478 e. The van der Waals surface area contributed by atoms with E-state index in [2.05, 4.69) is 15.2 Å². The van der Waals surface area contributed by atoms with Gasteiger partial charge in [0.1, 0.15) is 0 Å². The van der Waals surface area contributed by atoms with Crippen LogP contribution in [0.15, 0.2) is 43.0 Å². The maximum absolute atomic E-state index is 10.2. The smallest absolute Gasteiger partial charge is 0.335 e. The highest BCUT2D eigenvalue weighted by Crippen LogP contribution is 1.93. The summed E-state index contributed by atoms with van der Waals surface area (Å²) in [5.41, 5.74) is 0.269. The molecule has 0 radical (unpaired) electrons. The molecule has 0 aliphatic carbocycles. The van der Waals surface area contributed by atoms with E-state index in [1.165, 1.54) is 24.5 Å². The molecule has 0 amide bonds. The molecule has 0 aliphatic rings. The first-order chi connectivity index (χ1) is 6.80. The third-order valence-corrected chi connectivity index (χ3v) is 1.33. The van der Waals surface area contributed by atoms with Crippen LogP contribution in [0.2, 0.25) is 0 Å². The van der Waals surface area contributed by atoms with Crippen molar-refractivity contribution in [1.82, 2.24) is 15.2 Å². The summed E-state index contributed by atoms with van der Waals surface area (Å²) in [6, 6.07) is 4.73. The minimum atomic E-state index is -0.919. The molecule has 0 spiro atoms. The lowest BCUT2D eigenvalue weighted by atomic mass is 10.3. The summed E-state index contributed by atoms with van der Waals surface area (Å²) in [5.74, 6) is -0.919. The number of nitrogens with one attached hydrogen (secondary N) is 1. The molecule has 0 saturated carbocycles. The fourth-order valence-electron chi connectivity index (χ4n) is 0.710. The van der Waals surface area contributed by atoms with E-state index in [0.29, 0.717) is 0 Å². The summed E-state index contributed by atoms with van der Waals surface area (Å²) in [5, 5.41) is 14.6. The summed E-state index contributed by atoms with van der Waals surface area (Å²) in [6.07, 6.45) is 6.35. The van der Waals surface area contributed by atoms with Gasteiger partial charge in [0.05, 0.1) is 5.56 Å². The van der Waals surface area contributed by atoms with Gasteiger partial charge in [0.15, 0.2) is 0 Å². The number of nitrogens with zero attached hydrogens (tertiary/aromatic N) is 2. The van der Waals surface area contributed by atoms with Crippen LogP contribution in [-0.2, 0) is 0 Å². The molecular weight excluding hydrogens is 182 g/mol. The number of pyridine rings is 1. The second-order valence-electron chi connectivity index (χ2n) is 2.31. The summed E-state index contributed by atoms with van der Waals surface area (Å²) >= 11 is 0. The van der Waals surface area contributed by atoms with E-state index in [0.717, 1.165) is 0 Å². The molecule has 0 atom stereocenters. The van der Waals surface area contributed by atoms with Crippen LogP contribution in [-0.4, -0.2) is 26.3 Å². The lowest BCUT2D eigenvalue weighted by molar-refractivity contribution is 0.0697. The molecule has 2 heterocycles. The number of aromatic carboxylic acids is 1. The number of H-pyrrole nitrogens is 1. The van der Waals surface area contributed by atoms with Gasteiger partial charge in [-0.25, -0.2) is 4.79 Å². The van der Waals surface area contributed by atoms with Crippen molar-refractivity contribution in [3.05, 3.63) is 48.5 Å². The molecule has 5 nitrogen and oxygen atoms in total. The Morgan fingerprint density at radius 2 is 2.00 bits per heavy atom. The maximum atomic E-state index is 10.2. The van der Waals surface area contributed by atoms with Gasteiger partial charge in [-0.15, -0.1) is 0 Å². The van der Waals surface area contributed by atoms with Crippen molar-refractivity contribution in [1.29, 1.82) is 0 Å². The number of hydrogen-bond donors (Lipinski definition) is 2. The predicted octanol–water partition coefficient (Wildman–Crippen LogP) is 1.19. The highest BCUT2D eigenvalue weighted by Gasteiger charge is 1.97. The number of aromatic nitrogens is 3. The zero-order valence-electron chi connectivity index (χ0n) is 7.29. The second-order valence-corrected chi connectivity index (χ2v) is 2.31. The Balaban J connectivity index is 0.000000165. The predicted molar refractivity (Wildman–Crippen MR) is 49.8 cm³/mol. The average Bonchev–Trinajstić information content (AvgIpc) is 2.77. The van der Waals surface area contributed by atoms with Crippen LogP contribution in [0.1, 0.15) is 10.4 Å². The van der Waals surface area contributed by atoms with E-state index in [1.807, 2.05) is 6.07 Å². The van der Waals surface area contributed by atoms with Crippen molar-refractivity contribution in [2.75, 3.05) is 0 Å². The standard InChI is InChI=1S/C6H5NO2.C3H4N2/c8-6(9)5-1-3-7-4-2-5;1-2-4-5-3-1/h1-4H,(H,8,9);1-3H,(H,4,5). The number of hydrogen-bond acceptors (Lipinski definition) is 3. The van der Waals surface area contributed by atoms with Crippen LogP contribution < -0.4 is 0 Å². The number of rotatable bonds is 1. The van der Waals surface area contributed by atoms with Crippen LogP contribution in [0.3, 0.4) is 0 Å². The van der Waals surface area contributed by atoms with Crippen LogP contribution in [0.5, 0.6) is 0 Å². The van der Waals surface area contributed by atoms with Gasteiger partial charge in [0.2, 0.25) is 0 Å². The molecular formula is C9H9N3O2. The highest BCUT2D eigenvalue weighted by molar-refractivity contribution is 5.87. The summed E-state index contributed by atoms with van der Waals surface area (Å²) in [4.78, 5) is 13.8. The van der Waals surface area contributed by atoms with Gasteiger partial charge in [-0.3, -0.25) is 10.1 Å². The fraction of sp³-hybridized carbons (Fsp3) is 0. The number of carboxylic acid groups (broad SMARTS) is 1. The molecule has 0 saturated heterocycles. The summed E-state index contributed by atoms with van der Waals surface area (Å²) < 4.78 is 0. The quantitative estimate of drug-likeness (QED) is 0.709. The number of carboxylic acids is 1. The fourth-order valence-corrected chi connectivity index (χ4v) is 0.710. The monoisotopic (exact) mass is 191 g/mol. The molecule has 2 N–H and O–H groups in total. The van der Waals surface area contributed by atoms with Gasteiger partial charge >= 0.3 is 5.97 Å². The number of carbonyl (C=O) groups is 1. The molecule has 5 heteroatoms. The molecule has 72 valence electrons. The molecule has 0 aliphatic heterocycles.